The Labute approximate surface area is 95.6 Å². The normalized spacial score (nSPS) is 12.4. The summed E-state index contributed by atoms with van der Waals surface area (Å²) in [7, 11) is 1.60. The SMILES string of the molecule is COCCNC(=O)Cn1ccc(C(C)N)c1. The van der Waals surface area contributed by atoms with Crippen LogP contribution in [0.3, 0.4) is 0 Å². The molecule has 90 valence electrons. The van der Waals surface area contributed by atoms with E-state index in [1.807, 2.05) is 30.0 Å². The average Bonchev–Trinajstić information content (AvgIpc) is 2.66. The summed E-state index contributed by atoms with van der Waals surface area (Å²) in [6, 6.07) is 1.92. The third-order valence-corrected chi connectivity index (χ3v) is 2.25. The number of rotatable bonds is 6. The van der Waals surface area contributed by atoms with E-state index in [-0.39, 0.29) is 11.9 Å². The molecular weight excluding hydrogens is 206 g/mol. The number of nitrogens with zero attached hydrogens (tertiary/aromatic N) is 1. The maximum Gasteiger partial charge on any atom is 0.239 e. The molecule has 0 radical (unpaired) electrons. The second-order valence-electron chi connectivity index (χ2n) is 3.75. The monoisotopic (exact) mass is 225 g/mol. The molecular formula is C11H19N3O2. The van der Waals surface area contributed by atoms with E-state index in [0.29, 0.717) is 19.7 Å². The number of methoxy groups -OCH3 is 1. The van der Waals surface area contributed by atoms with Gasteiger partial charge >= 0.3 is 0 Å². The Bertz CT molecular complexity index is 334. The smallest absolute Gasteiger partial charge is 0.239 e. The highest BCUT2D eigenvalue weighted by Crippen LogP contribution is 2.09. The van der Waals surface area contributed by atoms with Crippen LogP contribution in [0.25, 0.3) is 0 Å². The Morgan fingerprint density at radius 1 is 1.69 bits per heavy atom. The number of aromatic nitrogens is 1. The Hall–Kier alpha value is -1.33. The molecule has 0 fully saturated rings. The van der Waals surface area contributed by atoms with Gasteiger partial charge in [-0.15, -0.1) is 0 Å². The fraction of sp³-hybridized carbons (Fsp3) is 0.545. The lowest BCUT2D eigenvalue weighted by molar-refractivity contribution is -0.121. The molecule has 0 bridgehead atoms. The quantitative estimate of drug-likeness (QED) is 0.683. The van der Waals surface area contributed by atoms with Crippen LogP contribution >= 0.6 is 0 Å². The van der Waals surface area contributed by atoms with E-state index in [4.69, 9.17) is 10.5 Å². The first-order valence-corrected chi connectivity index (χ1v) is 5.30. The molecule has 0 aliphatic carbocycles. The Morgan fingerprint density at radius 2 is 2.44 bits per heavy atom. The van der Waals surface area contributed by atoms with Gasteiger partial charge in [0.2, 0.25) is 5.91 Å². The number of carbonyl (C=O) groups excluding carboxylic acids is 1. The largest absolute Gasteiger partial charge is 0.383 e. The molecule has 3 N–H and O–H groups in total. The molecule has 1 unspecified atom stereocenters. The van der Waals surface area contributed by atoms with Crippen molar-refractivity contribution in [3.8, 4) is 0 Å². The van der Waals surface area contributed by atoms with Crippen LogP contribution in [-0.4, -0.2) is 30.7 Å². The van der Waals surface area contributed by atoms with Crippen LogP contribution in [0.4, 0.5) is 0 Å². The molecule has 16 heavy (non-hydrogen) atoms. The van der Waals surface area contributed by atoms with E-state index in [0.717, 1.165) is 5.56 Å². The van der Waals surface area contributed by atoms with Crippen LogP contribution in [0.5, 0.6) is 0 Å². The van der Waals surface area contributed by atoms with Gasteiger partial charge in [-0.1, -0.05) is 0 Å². The van der Waals surface area contributed by atoms with Crippen LogP contribution in [0, 0.1) is 0 Å². The van der Waals surface area contributed by atoms with Crippen molar-refractivity contribution in [3.63, 3.8) is 0 Å². The maximum absolute atomic E-state index is 11.4. The average molecular weight is 225 g/mol. The molecule has 5 nitrogen and oxygen atoms in total. The molecule has 1 heterocycles. The number of hydrogen-bond acceptors (Lipinski definition) is 3. The molecule has 0 aromatic carbocycles. The molecule has 0 saturated carbocycles. The van der Waals surface area contributed by atoms with Crippen molar-refractivity contribution in [3.05, 3.63) is 24.0 Å². The third kappa shape index (κ3) is 4.04. The van der Waals surface area contributed by atoms with Gasteiger partial charge in [-0.3, -0.25) is 4.79 Å². The van der Waals surface area contributed by atoms with Gasteiger partial charge in [0.15, 0.2) is 0 Å². The number of amides is 1. The van der Waals surface area contributed by atoms with Gasteiger partial charge < -0.3 is 20.4 Å². The Morgan fingerprint density at radius 3 is 3.00 bits per heavy atom. The van der Waals surface area contributed by atoms with E-state index in [1.54, 1.807) is 7.11 Å². The number of carbonyl (C=O) groups is 1. The number of hydrogen-bond donors (Lipinski definition) is 2. The summed E-state index contributed by atoms with van der Waals surface area (Å²) in [5, 5.41) is 2.75. The van der Waals surface area contributed by atoms with Gasteiger partial charge in [0.05, 0.1) is 6.61 Å². The zero-order valence-electron chi connectivity index (χ0n) is 9.77. The molecule has 0 saturated heterocycles. The first-order valence-electron chi connectivity index (χ1n) is 5.30. The van der Waals surface area contributed by atoms with Crippen molar-refractivity contribution in [1.82, 2.24) is 9.88 Å². The fourth-order valence-electron chi connectivity index (χ4n) is 1.34. The summed E-state index contributed by atoms with van der Waals surface area (Å²) in [5.41, 5.74) is 6.76. The molecule has 1 atom stereocenters. The predicted molar refractivity (Wildman–Crippen MR) is 61.9 cm³/mol. The van der Waals surface area contributed by atoms with Crippen molar-refractivity contribution in [1.29, 1.82) is 0 Å². The summed E-state index contributed by atoms with van der Waals surface area (Å²) in [4.78, 5) is 11.4. The molecule has 0 aliphatic heterocycles. The summed E-state index contributed by atoms with van der Waals surface area (Å²) in [5.74, 6) is -0.0242. The number of ether oxygens (including phenoxy) is 1. The van der Waals surface area contributed by atoms with E-state index >= 15 is 0 Å². The van der Waals surface area contributed by atoms with Crippen LogP contribution in [0.1, 0.15) is 18.5 Å². The zero-order valence-corrected chi connectivity index (χ0v) is 9.77. The molecule has 1 aromatic heterocycles. The third-order valence-electron chi connectivity index (χ3n) is 2.25. The minimum Gasteiger partial charge on any atom is -0.383 e. The maximum atomic E-state index is 11.4. The van der Waals surface area contributed by atoms with Crippen molar-refractivity contribution in [2.75, 3.05) is 20.3 Å². The van der Waals surface area contributed by atoms with Gasteiger partial charge in [-0.05, 0) is 18.6 Å². The summed E-state index contributed by atoms with van der Waals surface area (Å²) >= 11 is 0. The highest BCUT2D eigenvalue weighted by atomic mass is 16.5. The molecule has 0 aliphatic rings. The predicted octanol–water partition coefficient (Wildman–Crippen LogP) is 0.270. The highest BCUT2D eigenvalue weighted by Gasteiger charge is 2.04. The van der Waals surface area contributed by atoms with Crippen molar-refractivity contribution >= 4 is 5.91 Å². The molecule has 1 aromatic rings. The second-order valence-corrected chi connectivity index (χ2v) is 3.75. The minimum absolute atomic E-state index is 0.00203. The number of nitrogens with two attached hydrogens (primary N) is 1. The Kier molecular flexibility index (Phi) is 5.01. The van der Waals surface area contributed by atoms with Gasteiger partial charge in [-0.25, -0.2) is 0 Å². The number of nitrogens with one attached hydrogen (secondary N) is 1. The van der Waals surface area contributed by atoms with Crippen LogP contribution in [-0.2, 0) is 16.1 Å². The van der Waals surface area contributed by atoms with Crippen molar-refractivity contribution < 1.29 is 9.53 Å². The topological polar surface area (TPSA) is 69.3 Å². The molecule has 5 heteroatoms. The van der Waals surface area contributed by atoms with E-state index in [1.165, 1.54) is 0 Å². The zero-order chi connectivity index (χ0) is 12.0. The van der Waals surface area contributed by atoms with E-state index in [9.17, 15) is 4.79 Å². The lowest BCUT2D eigenvalue weighted by Crippen LogP contribution is -2.30. The highest BCUT2D eigenvalue weighted by molar-refractivity contribution is 5.75. The first-order chi connectivity index (χ1) is 7.63. The fourth-order valence-corrected chi connectivity index (χ4v) is 1.34. The second kappa shape index (κ2) is 6.30. The van der Waals surface area contributed by atoms with Crippen LogP contribution in [0.15, 0.2) is 18.5 Å². The standard InChI is InChI=1S/C11H19N3O2/c1-9(12)10-3-5-14(7-10)8-11(15)13-4-6-16-2/h3,5,7,9H,4,6,8,12H2,1-2H3,(H,13,15). The summed E-state index contributed by atoms with van der Waals surface area (Å²) < 4.78 is 6.66. The Balaban J connectivity index is 2.37. The lowest BCUT2D eigenvalue weighted by atomic mass is 10.2. The van der Waals surface area contributed by atoms with Gasteiger partial charge in [0.25, 0.3) is 0 Å². The van der Waals surface area contributed by atoms with Crippen molar-refractivity contribution in [2.45, 2.75) is 19.5 Å². The minimum atomic E-state index is -0.0242. The van der Waals surface area contributed by atoms with Gasteiger partial charge in [0.1, 0.15) is 6.54 Å². The van der Waals surface area contributed by atoms with Gasteiger partial charge in [0, 0.05) is 32.1 Å². The van der Waals surface area contributed by atoms with Crippen LogP contribution < -0.4 is 11.1 Å². The molecule has 1 amide bonds. The van der Waals surface area contributed by atoms with Crippen LogP contribution in [0.2, 0.25) is 0 Å². The lowest BCUT2D eigenvalue weighted by Gasteiger charge is -2.05. The van der Waals surface area contributed by atoms with Crippen molar-refractivity contribution in [2.24, 2.45) is 5.73 Å². The van der Waals surface area contributed by atoms with E-state index < -0.39 is 0 Å². The molecule has 0 spiro atoms. The first kappa shape index (κ1) is 12.7. The summed E-state index contributed by atoms with van der Waals surface area (Å²) in [6.45, 7) is 3.30. The van der Waals surface area contributed by atoms with Gasteiger partial charge in [-0.2, -0.15) is 0 Å². The summed E-state index contributed by atoms with van der Waals surface area (Å²) in [6.07, 6.45) is 3.75. The molecule has 1 rings (SSSR count). The van der Waals surface area contributed by atoms with E-state index in [2.05, 4.69) is 5.32 Å².